The monoisotopic (exact) mass is 263 g/mol. The van der Waals surface area contributed by atoms with Crippen LogP contribution in [0.3, 0.4) is 0 Å². The number of nitriles is 1. The lowest BCUT2D eigenvalue weighted by Crippen LogP contribution is -2.10. The molecule has 0 aromatic heterocycles. The molecule has 0 fully saturated rings. The minimum atomic E-state index is -4.58. The van der Waals surface area contributed by atoms with Crippen LogP contribution in [0.5, 0.6) is 0 Å². The average Bonchev–Trinajstić information content (AvgIpc) is 2.25. The van der Waals surface area contributed by atoms with E-state index in [0.29, 0.717) is 6.07 Å². The van der Waals surface area contributed by atoms with Gasteiger partial charge in [-0.25, -0.2) is 8.42 Å². The van der Waals surface area contributed by atoms with Crippen LogP contribution in [0.25, 0.3) is 0 Å². The molecular weight excluding hydrogens is 255 g/mol. The largest absolute Gasteiger partial charge is 0.416 e. The van der Waals surface area contributed by atoms with Crippen LogP contribution in [0.2, 0.25) is 0 Å². The molecule has 0 amide bonds. The maximum Gasteiger partial charge on any atom is 0.416 e. The number of rotatable bonds is 3. The molecule has 1 aromatic carbocycles. The van der Waals surface area contributed by atoms with E-state index in [1.165, 1.54) is 0 Å². The smallest absolute Gasteiger partial charge is 0.224 e. The highest BCUT2D eigenvalue weighted by molar-refractivity contribution is 7.91. The Morgan fingerprint density at radius 1 is 1.29 bits per heavy atom. The summed E-state index contributed by atoms with van der Waals surface area (Å²) in [5.41, 5.74) is -1.02. The molecule has 1 rings (SSSR count). The van der Waals surface area contributed by atoms with Crippen LogP contribution in [0, 0.1) is 11.3 Å². The molecule has 0 heterocycles. The fourth-order valence-electron chi connectivity index (χ4n) is 1.16. The van der Waals surface area contributed by atoms with Gasteiger partial charge in [0.05, 0.1) is 22.3 Å². The zero-order valence-electron chi connectivity index (χ0n) is 8.53. The van der Waals surface area contributed by atoms with E-state index in [1.807, 2.05) is 0 Å². The van der Waals surface area contributed by atoms with Gasteiger partial charge in [-0.3, -0.25) is 0 Å². The highest BCUT2D eigenvalue weighted by Gasteiger charge is 2.31. The van der Waals surface area contributed by atoms with E-state index in [1.54, 1.807) is 6.07 Å². The van der Waals surface area contributed by atoms with Gasteiger partial charge in [0.2, 0.25) is 0 Å². The van der Waals surface area contributed by atoms with Gasteiger partial charge in [0.15, 0.2) is 9.84 Å². The quantitative estimate of drug-likeness (QED) is 0.841. The first-order chi connectivity index (χ1) is 7.77. The first-order valence-corrected chi connectivity index (χ1v) is 6.19. The standard InChI is InChI=1S/C10H8F3NO2S/c11-10(12,13)8-3-1-4-9(7-8)17(15,16)6-2-5-14/h1,3-4,7H,2,6H2. The van der Waals surface area contributed by atoms with E-state index < -0.39 is 32.2 Å². The molecule has 0 unspecified atom stereocenters. The van der Waals surface area contributed by atoms with E-state index in [9.17, 15) is 21.6 Å². The zero-order valence-corrected chi connectivity index (χ0v) is 9.35. The van der Waals surface area contributed by atoms with Crippen LogP contribution in [0.4, 0.5) is 13.2 Å². The third-order valence-corrected chi connectivity index (χ3v) is 3.72. The minimum Gasteiger partial charge on any atom is -0.224 e. The number of hydrogen-bond donors (Lipinski definition) is 0. The van der Waals surface area contributed by atoms with E-state index in [4.69, 9.17) is 5.26 Å². The number of halogens is 3. The van der Waals surface area contributed by atoms with Gasteiger partial charge in [0, 0.05) is 6.42 Å². The fourth-order valence-corrected chi connectivity index (χ4v) is 2.35. The molecule has 1 aromatic rings. The van der Waals surface area contributed by atoms with Crippen molar-refractivity contribution in [3.63, 3.8) is 0 Å². The van der Waals surface area contributed by atoms with Crippen molar-refractivity contribution in [3.05, 3.63) is 29.8 Å². The molecule has 0 saturated carbocycles. The molecule has 0 aliphatic rings. The second-order valence-electron chi connectivity index (χ2n) is 3.25. The van der Waals surface area contributed by atoms with Crippen LogP contribution in [0.15, 0.2) is 29.2 Å². The second-order valence-corrected chi connectivity index (χ2v) is 5.36. The highest BCUT2D eigenvalue weighted by atomic mass is 32.2. The highest BCUT2D eigenvalue weighted by Crippen LogP contribution is 2.30. The average molecular weight is 263 g/mol. The molecule has 0 spiro atoms. The molecule has 3 nitrogen and oxygen atoms in total. The molecule has 0 bridgehead atoms. The van der Waals surface area contributed by atoms with Crippen molar-refractivity contribution < 1.29 is 21.6 Å². The predicted molar refractivity (Wildman–Crippen MR) is 53.7 cm³/mol. The summed E-state index contributed by atoms with van der Waals surface area (Å²) >= 11 is 0. The van der Waals surface area contributed by atoms with Gasteiger partial charge in [-0.15, -0.1) is 0 Å². The van der Waals surface area contributed by atoms with Crippen LogP contribution in [0.1, 0.15) is 12.0 Å². The molecule has 0 saturated heterocycles. The topological polar surface area (TPSA) is 57.9 Å². The Morgan fingerprint density at radius 2 is 1.94 bits per heavy atom. The van der Waals surface area contributed by atoms with Crippen molar-refractivity contribution in [2.75, 3.05) is 5.75 Å². The van der Waals surface area contributed by atoms with Crippen LogP contribution >= 0.6 is 0 Å². The van der Waals surface area contributed by atoms with Crippen molar-refractivity contribution in [1.82, 2.24) is 0 Å². The third-order valence-electron chi connectivity index (χ3n) is 2.00. The van der Waals surface area contributed by atoms with Gasteiger partial charge >= 0.3 is 6.18 Å². The summed E-state index contributed by atoms with van der Waals surface area (Å²) < 4.78 is 60.2. The summed E-state index contributed by atoms with van der Waals surface area (Å²) in [5, 5.41) is 8.27. The van der Waals surface area contributed by atoms with Gasteiger partial charge in [-0.1, -0.05) is 6.07 Å². The van der Waals surface area contributed by atoms with Crippen molar-refractivity contribution in [1.29, 1.82) is 5.26 Å². The Kier molecular flexibility index (Phi) is 3.78. The Bertz CT molecular complexity index is 543. The molecule has 0 N–H and O–H groups in total. The van der Waals surface area contributed by atoms with Crippen LogP contribution in [-0.4, -0.2) is 14.2 Å². The van der Waals surface area contributed by atoms with Gasteiger partial charge in [0.25, 0.3) is 0 Å². The molecule has 92 valence electrons. The molecule has 0 atom stereocenters. The van der Waals surface area contributed by atoms with Gasteiger partial charge in [-0.05, 0) is 18.2 Å². The SMILES string of the molecule is N#CCCS(=O)(=O)c1cccc(C(F)(F)F)c1. The van der Waals surface area contributed by atoms with Gasteiger partial charge < -0.3 is 0 Å². The van der Waals surface area contributed by atoms with E-state index in [2.05, 4.69) is 0 Å². The lowest BCUT2D eigenvalue weighted by molar-refractivity contribution is -0.137. The molecule has 17 heavy (non-hydrogen) atoms. The maximum atomic E-state index is 12.4. The maximum absolute atomic E-state index is 12.4. The third kappa shape index (κ3) is 3.46. The van der Waals surface area contributed by atoms with E-state index >= 15 is 0 Å². The summed E-state index contributed by atoms with van der Waals surface area (Å²) in [6, 6.07) is 5.12. The Morgan fingerprint density at radius 3 is 2.47 bits per heavy atom. The van der Waals surface area contributed by atoms with Crippen molar-refractivity contribution >= 4 is 9.84 Å². The Balaban J connectivity index is 3.13. The summed E-state index contributed by atoms with van der Waals surface area (Å²) in [5.74, 6) is -0.481. The van der Waals surface area contributed by atoms with Crippen LogP contribution in [-0.2, 0) is 16.0 Å². The number of nitrogens with zero attached hydrogens (tertiary/aromatic N) is 1. The summed E-state index contributed by atoms with van der Waals surface area (Å²) in [7, 11) is -3.83. The summed E-state index contributed by atoms with van der Waals surface area (Å²) in [4.78, 5) is -0.414. The summed E-state index contributed by atoms with van der Waals surface area (Å²) in [6.07, 6.45) is -4.83. The van der Waals surface area contributed by atoms with Crippen molar-refractivity contribution in [2.24, 2.45) is 0 Å². The normalized spacial score (nSPS) is 12.1. The van der Waals surface area contributed by atoms with Crippen molar-refractivity contribution in [3.8, 4) is 6.07 Å². The number of alkyl halides is 3. The lowest BCUT2D eigenvalue weighted by atomic mass is 10.2. The van der Waals surface area contributed by atoms with Gasteiger partial charge in [0.1, 0.15) is 0 Å². The molecular formula is C10H8F3NO2S. The number of hydrogen-bond acceptors (Lipinski definition) is 3. The first-order valence-electron chi connectivity index (χ1n) is 4.54. The Labute approximate surface area is 96.4 Å². The predicted octanol–water partition coefficient (Wildman–Crippen LogP) is 2.39. The minimum absolute atomic E-state index is 0.251. The zero-order chi connectivity index (χ0) is 13.1. The second kappa shape index (κ2) is 4.75. The van der Waals surface area contributed by atoms with Crippen LogP contribution < -0.4 is 0 Å². The fraction of sp³-hybridized carbons (Fsp3) is 0.300. The first kappa shape index (κ1) is 13.5. The van der Waals surface area contributed by atoms with E-state index in [0.717, 1.165) is 18.2 Å². The van der Waals surface area contributed by atoms with Crippen molar-refractivity contribution in [2.45, 2.75) is 17.5 Å². The Hall–Kier alpha value is -1.55. The molecule has 0 aliphatic carbocycles. The molecule has 7 heteroatoms. The lowest BCUT2D eigenvalue weighted by Gasteiger charge is -2.08. The summed E-state index contributed by atoms with van der Waals surface area (Å²) in [6.45, 7) is 0. The molecule has 0 aliphatic heterocycles. The van der Waals surface area contributed by atoms with Gasteiger partial charge in [-0.2, -0.15) is 18.4 Å². The number of benzene rings is 1. The van der Waals surface area contributed by atoms with E-state index in [-0.39, 0.29) is 6.42 Å². The number of sulfone groups is 1. The molecule has 0 radical (unpaired) electrons.